The quantitative estimate of drug-likeness (QED) is 0.229. The minimum Gasteiger partial charge on any atom is -0.370 e. The van der Waals surface area contributed by atoms with E-state index in [9.17, 15) is 9.59 Å². The van der Waals surface area contributed by atoms with Crippen molar-refractivity contribution in [3.63, 3.8) is 0 Å². The first kappa shape index (κ1) is 23.5. The Kier molecular flexibility index (Phi) is 4.62. The van der Waals surface area contributed by atoms with Gasteiger partial charge in [-0.1, -0.05) is 44.0 Å². The molecule has 3 aliphatic rings. The maximum Gasteiger partial charge on any atom is 0.256 e. The van der Waals surface area contributed by atoms with E-state index >= 15 is 0 Å². The van der Waals surface area contributed by atoms with Gasteiger partial charge in [0.25, 0.3) is 11.8 Å². The lowest BCUT2D eigenvalue weighted by molar-refractivity contribution is -0.153. The summed E-state index contributed by atoms with van der Waals surface area (Å²) in [6, 6.07) is 11.7. The molecule has 2 fully saturated rings. The van der Waals surface area contributed by atoms with Gasteiger partial charge in [0.05, 0.1) is 11.8 Å². The number of carbonyl (C=O) groups is 2. The molecule has 12 heteroatoms. The number of aromatic nitrogens is 2. The van der Waals surface area contributed by atoms with Gasteiger partial charge in [0.2, 0.25) is 5.96 Å². The molecule has 10 nitrogen and oxygen atoms in total. The standard InChI is InChI=1S/C26H22Br2N8O2/c1-35-22(38)26(36(2)24(35)30)19(15-9-31-17-7-11(27)3-5-13(15)17)25(21(37)33-23(29)34-25)20(26)16-10-32-18-8-12(28)4-6-14(16)18/h3-10,19-20,30-32H,1-2H3,(H3,29,33,34,37)/t19-,20-,25?,26?/m1/s1. The van der Waals surface area contributed by atoms with Crippen LogP contribution in [0.15, 0.2) is 62.7 Å². The molecule has 6 N–H and O–H groups in total. The summed E-state index contributed by atoms with van der Waals surface area (Å²) in [5.74, 6) is -2.03. The number of hydrogen-bond acceptors (Lipinski definition) is 5. The highest BCUT2D eigenvalue weighted by atomic mass is 79.9. The molecule has 0 unspecified atom stereocenters. The Balaban J connectivity index is 1.58. The Morgan fingerprint density at radius 1 is 0.947 bits per heavy atom. The van der Waals surface area contributed by atoms with Crippen LogP contribution in [-0.4, -0.2) is 68.7 Å². The van der Waals surface area contributed by atoms with E-state index in [4.69, 9.17) is 16.1 Å². The van der Waals surface area contributed by atoms with E-state index in [2.05, 4.69) is 47.1 Å². The molecule has 2 aliphatic heterocycles. The van der Waals surface area contributed by atoms with E-state index in [0.717, 1.165) is 41.9 Å². The van der Waals surface area contributed by atoms with E-state index in [1.54, 1.807) is 19.0 Å². The average molecular weight is 638 g/mol. The van der Waals surface area contributed by atoms with Crippen LogP contribution in [0.1, 0.15) is 23.0 Å². The average Bonchev–Trinajstić information content (AvgIpc) is 3.59. The van der Waals surface area contributed by atoms with Crippen molar-refractivity contribution in [2.24, 2.45) is 10.7 Å². The fourth-order valence-electron chi connectivity index (χ4n) is 7.00. The van der Waals surface area contributed by atoms with Crippen molar-refractivity contribution in [3.8, 4) is 0 Å². The van der Waals surface area contributed by atoms with Gasteiger partial charge < -0.3 is 20.6 Å². The second-order valence-corrected chi connectivity index (χ2v) is 11.9. The van der Waals surface area contributed by atoms with Crippen LogP contribution >= 0.6 is 31.9 Å². The second kappa shape index (κ2) is 7.48. The number of H-pyrrole nitrogens is 2. The Hall–Kier alpha value is -3.64. The van der Waals surface area contributed by atoms with Gasteiger partial charge in [-0.05, 0) is 35.4 Å². The molecule has 7 rings (SSSR count). The van der Waals surface area contributed by atoms with Crippen molar-refractivity contribution < 1.29 is 9.59 Å². The first-order valence-corrected chi connectivity index (χ1v) is 13.5. The normalized spacial score (nSPS) is 28.7. The molecule has 2 aromatic carbocycles. The molecule has 1 saturated heterocycles. The smallest absolute Gasteiger partial charge is 0.256 e. The number of halogens is 2. The van der Waals surface area contributed by atoms with E-state index in [-0.39, 0.29) is 23.7 Å². The minimum absolute atomic E-state index is 0.0153. The summed E-state index contributed by atoms with van der Waals surface area (Å²) in [4.78, 5) is 42.7. The van der Waals surface area contributed by atoms with Crippen LogP contribution in [0.3, 0.4) is 0 Å². The molecular weight excluding hydrogens is 616 g/mol. The zero-order valence-corrected chi connectivity index (χ0v) is 23.4. The third-order valence-corrected chi connectivity index (χ3v) is 9.47. The SMILES string of the molecule is CN1C(=N)N(C)C2(C1=O)[C@H](c1c[nH]c3cc(Br)ccc13)C1(N=C(N)NC1=O)[C@H]2c1c[nH]c2cc(Br)ccc12. The van der Waals surface area contributed by atoms with Gasteiger partial charge in [-0.2, -0.15) is 0 Å². The summed E-state index contributed by atoms with van der Waals surface area (Å²) >= 11 is 7.04. The summed E-state index contributed by atoms with van der Waals surface area (Å²) < 4.78 is 1.80. The number of likely N-dealkylation sites (N-methyl/N-ethyl adjacent to an activating group) is 2. The zero-order valence-electron chi connectivity index (χ0n) is 20.3. The number of guanidine groups is 2. The van der Waals surface area contributed by atoms with Gasteiger partial charge in [-0.25, -0.2) is 4.99 Å². The number of fused-ring (bicyclic) bond motifs is 2. The van der Waals surface area contributed by atoms with Gasteiger partial charge in [-0.3, -0.25) is 25.2 Å². The second-order valence-electron chi connectivity index (χ2n) is 10.1. The molecule has 38 heavy (non-hydrogen) atoms. The molecule has 2 aromatic heterocycles. The lowest BCUT2D eigenvalue weighted by atomic mass is 9.42. The zero-order chi connectivity index (χ0) is 26.7. The van der Waals surface area contributed by atoms with Crippen LogP contribution in [-0.2, 0) is 9.59 Å². The predicted octanol–water partition coefficient (Wildman–Crippen LogP) is 3.32. The number of aromatic amines is 2. The molecule has 0 radical (unpaired) electrons. The Bertz CT molecular complexity index is 1680. The molecule has 2 amide bonds. The van der Waals surface area contributed by atoms with Gasteiger partial charge in [-0.15, -0.1) is 0 Å². The number of aliphatic imine (C=N–C) groups is 1. The predicted molar refractivity (Wildman–Crippen MR) is 151 cm³/mol. The number of amides is 2. The van der Waals surface area contributed by atoms with Crippen molar-refractivity contribution in [3.05, 3.63) is 68.9 Å². The van der Waals surface area contributed by atoms with Crippen LogP contribution in [0.4, 0.5) is 0 Å². The number of nitrogens with zero attached hydrogens (tertiary/aromatic N) is 3. The Morgan fingerprint density at radius 2 is 1.47 bits per heavy atom. The first-order chi connectivity index (χ1) is 18.1. The maximum atomic E-state index is 14.3. The third kappa shape index (κ3) is 2.57. The van der Waals surface area contributed by atoms with Gasteiger partial charge in [0, 0.05) is 57.2 Å². The summed E-state index contributed by atoms with van der Waals surface area (Å²) in [5.41, 5.74) is 6.68. The number of carbonyl (C=O) groups excluding carboxylic acids is 2. The van der Waals surface area contributed by atoms with Crippen LogP contribution in [0.25, 0.3) is 21.8 Å². The molecule has 4 heterocycles. The summed E-state index contributed by atoms with van der Waals surface area (Å²) in [7, 11) is 3.34. The Labute approximate surface area is 233 Å². The molecule has 4 aromatic rings. The van der Waals surface area contributed by atoms with Crippen molar-refractivity contribution in [2.75, 3.05) is 14.1 Å². The van der Waals surface area contributed by atoms with Crippen LogP contribution in [0.5, 0.6) is 0 Å². The topological polar surface area (TPSA) is 146 Å². The molecule has 2 spiro atoms. The number of nitrogens with two attached hydrogens (primary N) is 1. The third-order valence-electron chi connectivity index (χ3n) is 8.48. The molecule has 0 bridgehead atoms. The minimum atomic E-state index is -1.41. The van der Waals surface area contributed by atoms with Gasteiger partial charge >= 0.3 is 0 Å². The fraction of sp³-hybridized carbons (Fsp3) is 0.231. The highest BCUT2D eigenvalue weighted by molar-refractivity contribution is 9.10. The lowest BCUT2D eigenvalue weighted by Crippen LogP contribution is -2.78. The van der Waals surface area contributed by atoms with Crippen molar-refractivity contribution in [2.45, 2.75) is 22.9 Å². The van der Waals surface area contributed by atoms with E-state index < -0.39 is 22.9 Å². The Morgan fingerprint density at radius 3 is 1.89 bits per heavy atom. The molecular formula is C26H22Br2N8O2. The van der Waals surface area contributed by atoms with Gasteiger partial charge in [0.1, 0.15) is 5.54 Å². The number of hydrogen-bond donors (Lipinski definition) is 5. The largest absolute Gasteiger partial charge is 0.370 e. The molecule has 192 valence electrons. The molecule has 2 atom stereocenters. The first-order valence-electron chi connectivity index (χ1n) is 11.9. The van der Waals surface area contributed by atoms with Crippen molar-refractivity contribution >= 4 is 77.4 Å². The lowest BCUT2D eigenvalue weighted by Gasteiger charge is -2.63. The van der Waals surface area contributed by atoms with E-state index in [1.807, 2.05) is 48.8 Å². The maximum absolute atomic E-state index is 14.3. The van der Waals surface area contributed by atoms with Crippen molar-refractivity contribution in [1.82, 2.24) is 25.1 Å². The van der Waals surface area contributed by atoms with Crippen LogP contribution in [0.2, 0.25) is 0 Å². The number of benzene rings is 2. The summed E-state index contributed by atoms with van der Waals surface area (Å²) in [6.07, 6.45) is 3.68. The van der Waals surface area contributed by atoms with Gasteiger partial charge in [0.15, 0.2) is 11.5 Å². The van der Waals surface area contributed by atoms with Crippen LogP contribution < -0.4 is 11.1 Å². The fourth-order valence-corrected chi connectivity index (χ4v) is 7.73. The van der Waals surface area contributed by atoms with Crippen LogP contribution in [0, 0.1) is 5.41 Å². The summed E-state index contributed by atoms with van der Waals surface area (Å²) in [5, 5.41) is 13.2. The highest BCUT2D eigenvalue weighted by Gasteiger charge is 2.84. The molecule has 1 aliphatic carbocycles. The molecule has 1 saturated carbocycles. The van der Waals surface area contributed by atoms with E-state index in [0.29, 0.717) is 0 Å². The van der Waals surface area contributed by atoms with Crippen molar-refractivity contribution in [1.29, 1.82) is 5.41 Å². The summed E-state index contributed by atoms with van der Waals surface area (Å²) in [6.45, 7) is 0. The van der Waals surface area contributed by atoms with E-state index in [1.165, 1.54) is 4.90 Å². The number of nitrogens with one attached hydrogen (secondary N) is 4. The monoisotopic (exact) mass is 636 g/mol. The highest BCUT2D eigenvalue weighted by Crippen LogP contribution is 2.70. The number of rotatable bonds is 2.